The summed E-state index contributed by atoms with van der Waals surface area (Å²) < 4.78 is 11.5. The standard InChI is InChI=1S/C10H13BrO2/c1-4-8-9(12-2)5-7(11)6-10(8)13-3/h5-6H,4H2,1-3H3. The third-order valence-corrected chi connectivity index (χ3v) is 2.38. The molecule has 72 valence electrons. The van der Waals surface area contributed by atoms with Crippen molar-refractivity contribution >= 4 is 15.9 Å². The molecule has 1 rings (SSSR count). The Kier molecular flexibility index (Phi) is 3.60. The predicted octanol–water partition coefficient (Wildman–Crippen LogP) is 3.03. The molecular weight excluding hydrogens is 232 g/mol. The molecular formula is C10H13BrO2. The van der Waals surface area contributed by atoms with Gasteiger partial charge >= 0.3 is 0 Å². The van der Waals surface area contributed by atoms with Crippen LogP contribution in [-0.2, 0) is 6.42 Å². The van der Waals surface area contributed by atoms with Crippen LogP contribution >= 0.6 is 15.9 Å². The van der Waals surface area contributed by atoms with Crippen molar-refractivity contribution in [3.63, 3.8) is 0 Å². The Morgan fingerprint density at radius 1 is 1.15 bits per heavy atom. The van der Waals surface area contributed by atoms with Crippen LogP contribution in [0.25, 0.3) is 0 Å². The molecule has 0 heterocycles. The fraction of sp³-hybridized carbons (Fsp3) is 0.400. The summed E-state index contributed by atoms with van der Waals surface area (Å²) in [5.41, 5.74) is 1.10. The topological polar surface area (TPSA) is 18.5 Å². The normalized spacial score (nSPS) is 9.85. The van der Waals surface area contributed by atoms with Crippen molar-refractivity contribution in [2.75, 3.05) is 14.2 Å². The first-order valence-electron chi connectivity index (χ1n) is 4.13. The van der Waals surface area contributed by atoms with Gasteiger partial charge in [-0.1, -0.05) is 22.9 Å². The molecule has 0 aliphatic heterocycles. The third kappa shape index (κ3) is 2.15. The first-order chi connectivity index (χ1) is 6.22. The van der Waals surface area contributed by atoms with Crippen LogP contribution in [0.3, 0.4) is 0 Å². The van der Waals surface area contributed by atoms with Gasteiger partial charge < -0.3 is 9.47 Å². The van der Waals surface area contributed by atoms with Gasteiger partial charge in [0.25, 0.3) is 0 Å². The van der Waals surface area contributed by atoms with Crippen molar-refractivity contribution in [3.05, 3.63) is 22.2 Å². The molecule has 13 heavy (non-hydrogen) atoms. The van der Waals surface area contributed by atoms with Gasteiger partial charge in [-0.15, -0.1) is 0 Å². The zero-order valence-corrected chi connectivity index (χ0v) is 9.64. The van der Waals surface area contributed by atoms with Crippen molar-refractivity contribution in [1.29, 1.82) is 0 Å². The summed E-state index contributed by atoms with van der Waals surface area (Å²) in [5, 5.41) is 0. The minimum absolute atomic E-state index is 0.869. The lowest BCUT2D eigenvalue weighted by atomic mass is 10.1. The van der Waals surface area contributed by atoms with Crippen LogP contribution in [0.1, 0.15) is 12.5 Å². The van der Waals surface area contributed by atoms with Gasteiger partial charge in [0.15, 0.2) is 0 Å². The number of methoxy groups -OCH3 is 2. The smallest absolute Gasteiger partial charge is 0.126 e. The van der Waals surface area contributed by atoms with E-state index in [0.717, 1.165) is 28.0 Å². The van der Waals surface area contributed by atoms with Crippen LogP contribution in [0.2, 0.25) is 0 Å². The second-order valence-corrected chi connectivity index (χ2v) is 3.56. The Morgan fingerprint density at radius 3 is 1.92 bits per heavy atom. The minimum Gasteiger partial charge on any atom is -0.496 e. The molecule has 0 aromatic heterocycles. The third-order valence-electron chi connectivity index (χ3n) is 1.93. The average Bonchev–Trinajstić information content (AvgIpc) is 2.16. The van der Waals surface area contributed by atoms with Crippen LogP contribution in [0.4, 0.5) is 0 Å². The number of hydrogen-bond donors (Lipinski definition) is 0. The van der Waals surface area contributed by atoms with Gasteiger partial charge in [0.1, 0.15) is 11.5 Å². The molecule has 0 saturated carbocycles. The summed E-state index contributed by atoms with van der Waals surface area (Å²) in [6.45, 7) is 2.08. The fourth-order valence-corrected chi connectivity index (χ4v) is 1.72. The molecule has 0 N–H and O–H groups in total. The number of benzene rings is 1. The van der Waals surface area contributed by atoms with E-state index in [4.69, 9.17) is 9.47 Å². The number of halogens is 1. The number of ether oxygens (including phenoxy) is 2. The first kappa shape index (κ1) is 10.4. The van der Waals surface area contributed by atoms with Crippen LogP contribution < -0.4 is 9.47 Å². The van der Waals surface area contributed by atoms with E-state index in [0.29, 0.717) is 0 Å². The largest absolute Gasteiger partial charge is 0.496 e. The van der Waals surface area contributed by atoms with E-state index >= 15 is 0 Å². The fourth-order valence-electron chi connectivity index (χ4n) is 1.30. The Hall–Kier alpha value is -0.700. The Bertz CT molecular complexity index is 272. The summed E-state index contributed by atoms with van der Waals surface area (Å²) in [5.74, 6) is 1.74. The second kappa shape index (κ2) is 4.51. The molecule has 0 atom stereocenters. The number of rotatable bonds is 3. The molecule has 0 radical (unpaired) electrons. The van der Waals surface area contributed by atoms with Crippen molar-refractivity contribution < 1.29 is 9.47 Å². The van der Waals surface area contributed by atoms with E-state index in [1.54, 1.807) is 14.2 Å². The molecule has 0 aliphatic carbocycles. The van der Waals surface area contributed by atoms with Crippen molar-refractivity contribution in [3.8, 4) is 11.5 Å². The van der Waals surface area contributed by atoms with E-state index in [9.17, 15) is 0 Å². The van der Waals surface area contributed by atoms with Gasteiger partial charge in [0, 0.05) is 10.0 Å². The Morgan fingerprint density at radius 2 is 1.62 bits per heavy atom. The van der Waals surface area contributed by atoms with Crippen LogP contribution in [0, 0.1) is 0 Å². The highest BCUT2D eigenvalue weighted by molar-refractivity contribution is 9.10. The van der Waals surface area contributed by atoms with Gasteiger partial charge in [-0.2, -0.15) is 0 Å². The van der Waals surface area contributed by atoms with E-state index in [1.165, 1.54) is 0 Å². The lowest BCUT2D eigenvalue weighted by Gasteiger charge is -2.11. The molecule has 0 spiro atoms. The van der Waals surface area contributed by atoms with Crippen molar-refractivity contribution in [1.82, 2.24) is 0 Å². The molecule has 0 aliphatic rings. The van der Waals surface area contributed by atoms with Gasteiger partial charge in [0.2, 0.25) is 0 Å². The molecule has 1 aromatic rings. The lowest BCUT2D eigenvalue weighted by Crippen LogP contribution is -1.95. The molecule has 3 heteroatoms. The quantitative estimate of drug-likeness (QED) is 0.814. The molecule has 2 nitrogen and oxygen atoms in total. The summed E-state index contributed by atoms with van der Waals surface area (Å²) in [7, 11) is 3.33. The summed E-state index contributed by atoms with van der Waals surface area (Å²) in [6, 6.07) is 3.89. The lowest BCUT2D eigenvalue weighted by molar-refractivity contribution is 0.385. The molecule has 0 unspecified atom stereocenters. The molecule has 0 amide bonds. The molecule has 0 bridgehead atoms. The van der Waals surface area contributed by atoms with Crippen molar-refractivity contribution in [2.24, 2.45) is 0 Å². The maximum Gasteiger partial charge on any atom is 0.126 e. The maximum absolute atomic E-state index is 5.25. The first-order valence-corrected chi connectivity index (χ1v) is 4.92. The highest BCUT2D eigenvalue weighted by atomic mass is 79.9. The Labute approximate surface area is 87.0 Å². The minimum atomic E-state index is 0.869. The molecule has 0 fully saturated rings. The summed E-state index contributed by atoms with van der Waals surface area (Å²) in [6.07, 6.45) is 0.902. The zero-order valence-electron chi connectivity index (χ0n) is 8.06. The van der Waals surface area contributed by atoms with Gasteiger partial charge in [-0.05, 0) is 18.6 Å². The van der Waals surface area contributed by atoms with E-state index < -0.39 is 0 Å². The molecule has 1 aromatic carbocycles. The second-order valence-electron chi connectivity index (χ2n) is 2.64. The average molecular weight is 245 g/mol. The summed E-state index contributed by atoms with van der Waals surface area (Å²) in [4.78, 5) is 0. The highest BCUT2D eigenvalue weighted by Gasteiger charge is 2.09. The Balaban J connectivity index is 3.25. The van der Waals surface area contributed by atoms with Gasteiger partial charge in [0.05, 0.1) is 14.2 Å². The van der Waals surface area contributed by atoms with Crippen LogP contribution in [-0.4, -0.2) is 14.2 Å². The van der Waals surface area contributed by atoms with Crippen LogP contribution in [0.15, 0.2) is 16.6 Å². The van der Waals surface area contributed by atoms with E-state index in [-0.39, 0.29) is 0 Å². The monoisotopic (exact) mass is 244 g/mol. The summed E-state index contributed by atoms with van der Waals surface area (Å²) >= 11 is 3.40. The van der Waals surface area contributed by atoms with E-state index in [2.05, 4.69) is 22.9 Å². The SMILES string of the molecule is CCc1c(OC)cc(Br)cc1OC. The van der Waals surface area contributed by atoms with Crippen LogP contribution in [0.5, 0.6) is 11.5 Å². The van der Waals surface area contributed by atoms with Crippen molar-refractivity contribution in [2.45, 2.75) is 13.3 Å². The zero-order chi connectivity index (χ0) is 9.84. The predicted molar refractivity (Wildman–Crippen MR) is 56.6 cm³/mol. The number of hydrogen-bond acceptors (Lipinski definition) is 2. The highest BCUT2D eigenvalue weighted by Crippen LogP contribution is 2.32. The van der Waals surface area contributed by atoms with Gasteiger partial charge in [-0.3, -0.25) is 0 Å². The van der Waals surface area contributed by atoms with E-state index in [1.807, 2.05) is 12.1 Å². The maximum atomic E-state index is 5.25. The van der Waals surface area contributed by atoms with Gasteiger partial charge in [-0.25, -0.2) is 0 Å². The molecule has 0 saturated heterocycles.